The highest BCUT2D eigenvalue weighted by Gasteiger charge is 2.34. The number of amides is 2. The van der Waals surface area contributed by atoms with Crippen LogP contribution in [-0.4, -0.2) is 42.0 Å². The molecule has 0 radical (unpaired) electrons. The highest BCUT2D eigenvalue weighted by Crippen LogP contribution is 2.23. The molecule has 1 aliphatic rings. The number of hydrogen-bond acceptors (Lipinski definition) is 3. The van der Waals surface area contributed by atoms with Crippen LogP contribution in [0.1, 0.15) is 34.6 Å². The van der Waals surface area contributed by atoms with Gasteiger partial charge in [-0.15, -0.1) is 0 Å². The number of hydrogen-bond donors (Lipinski definition) is 1. The Morgan fingerprint density at radius 2 is 1.92 bits per heavy atom. The molecule has 1 heterocycles. The third-order valence-electron chi connectivity index (χ3n) is 4.38. The predicted molar refractivity (Wildman–Crippen MR) is 102 cm³/mol. The Kier molecular flexibility index (Phi) is 5.30. The second kappa shape index (κ2) is 7.48. The average molecular weight is 373 g/mol. The first-order chi connectivity index (χ1) is 12.4. The predicted octanol–water partition coefficient (Wildman–Crippen LogP) is 3.84. The maximum absolute atomic E-state index is 12.9. The smallest absolute Gasteiger partial charge is 0.257 e. The number of nitrogens with zero attached hydrogens (tertiary/aromatic N) is 1. The van der Waals surface area contributed by atoms with Gasteiger partial charge in [0.2, 0.25) is 0 Å². The van der Waals surface area contributed by atoms with Crippen LogP contribution in [0.3, 0.4) is 0 Å². The van der Waals surface area contributed by atoms with E-state index in [1.54, 1.807) is 48.5 Å². The molecule has 2 aromatic rings. The molecule has 136 valence electrons. The molecule has 0 bridgehead atoms. The monoisotopic (exact) mass is 372 g/mol. The van der Waals surface area contributed by atoms with Crippen LogP contribution >= 0.6 is 11.6 Å². The summed E-state index contributed by atoms with van der Waals surface area (Å²) in [7, 11) is 0. The largest absolute Gasteiger partial charge is 0.377 e. The summed E-state index contributed by atoms with van der Waals surface area (Å²) in [6.45, 7) is 5.53. The van der Waals surface area contributed by atoms with Gasteiger partial charge in [0, 0.05) is 17.8 Å². The molecule has 0 aromatic heterocycles. The Morgan fingerprint density at radius 3 is 2.65 bits per heavy atom. The Morgan fingerprint density at radius 1 is 1.15 bits per heavy atom. The van der Waals surface area contributed by atoms with Gasteiger partial charge < -0.3 is 15.0 Å². The quantitative estimate of drug-likeness (QED) is 0.890. The van der Waals surface area contributed by atoms with Crippen molar-refractivity contribution >= 4 is 29.1 Å². The van der Waals surface area contributed by atoms with Gasteiger partial charge in [-0.2, -0.15) is 0 Å². The van der Waals surface area contributed by atoms with E-state index in [9.17, 15) is 9.59 Å². The van der Waals surface area contributed by atoms with E-state index in [1.807, 2.05) is 18.7 Å². The highest BCUT2D eigenvalue weighted by molar-refractivity contribution is 6.34. The summed E-state index contributed by atoms with van der Waals surface area (Å²) in [6, 6.07) is 13.8. The van der Waals surface area contributed by atoms with Crippen molar-refractivity contribution in [3.8, 4) is 0 Å². The van der Waals surface area contributed by atoms with Crippen molar-refractivity contribution in [3.63, 3.8) is 0 Å². The van der Waals surface area contributed by atoms with Gasteiger partial charge in [0.15, 0.2) is 0 Å². The summed E-state index contributed by atoms with van der Waals surface area (Å²) in [4.78, 5) is 27.1. The molecule has 0 aliphatic carbocycles. The summed E-state index contributed by atoms with van der Waals surface area (Å²) < 4.78 is 5.47. The number of benzene rings is 2. The molecule has 0 unspecified atom stereocenters. The van der Waals surface area contributed by atoms with E-state index in [0.29, 0.717) is 41.6 Å². The van der Waals surface area contributed by atoms with Crippen LogP contribution in [0, 0.1) is 0 Å². The van der Waals surface area contributed by atoms with Gasteiger partial charge in [-0.05, 0) is 44.2 Å². The number of ether oxygens (including phenoxy) is 1. The third-order valence-corrected chi connectivity index (χ3v) is 4.71. The van der Waals surface area contributed by atoms with E-state index in [4.69, 9.17) is 16.3 Å². The van der Waals surface area contributed by atoms with Crippen LogP contribution in [0.5, 0.6) is 0 Å². The molecule has 6 heteroatoms. The first kappa shape index (κ1) is 18.4. The van der Waals surface area contributed by atoms with Gasteiger partial charge in [-0.25, -0.2) is 0 Å². The molecule has 26 heavy (non-hydrogen) atoms. The lowest BCUT2D eigenvalue weighted by molar-refractivity contribution is -0.0370. The minimum atomic E-state index is -0.369. The second-order valence-corrected chi connectivity index (χ2v) is 7.24. The Hall–Kier alpha value is -2.37. The van der Waals surface area contributed by atoms with Crippen molar-refractivity contribution in [2.45, 2.75) is 19.4 Å². The van der Waals surface area contributed by atoms with Gasteiger partial charge in [-0.1, -0.05) is 29.8 Å². The minimum absolute atomic E-state index is 0.0767. The molecule has 0 atom stereocenters. The van der Waals surface area contributed by atoms with Crippen LogP contribution in [0.4, 0.5) is 5.69 Å². The van der Waals surface area contributed by atoms with Gasteiger partial charge in [0.1, 0.15) is 0 Å². The van der Waals surface area contributed by atoms with Crippen molar-refractivity contribution in [3.05, 3.63) is 64.7 Å². The zero-order valence-electron chi connectivity index (χ0n) is 14.8. The Labute approximate surface area is 157 Å². The van der Waals surface area contributed by atoms with E-state index >= 15 is 0 Å². The van der Waals surface area contributed by atoms with Crippen molar-refractivity contribution in [2.75, 3.05) is 25.1 Å². The summed E-state index contributed by atoms with van der Waals surface area (Å²) in [5, 5.41) is 3.18. The highest BCUT2D eigenvalue weighted by atomic mass is 35.5. The normalized spacial score (nSPS) is 16.2. The number of anilines is 1. The first-order valence-electron chi connectivity index (χ1n) is 8.44. The van der Waals surface area contributed by atoms with Crippen molar-refractivity contribution in [1.29, 1.82) is 0 Å². The van der Waals surface area contributed by atoms with E-state index < -0.39 is 0 Å². The van der Waals surface area contributed by atoms with Crippen molar-refractivity contribution in [2.24, 2.45) is 0 Å². The van der Waals surface area contributed by atoms with Crippen molar-refractivity contribution in [1.82, 2.24) is 4.90 Å². The molecule has 5 nitrogen and oxygen atoms in total. The molecule has 1 N–H and O–H groups in total. The Bertz CT molecular complexity index is 835. The maximum atomic E-state index is 12.9. The topological polar surface area (TPSA) is 58.6 Å². The van der Waals surface area contributed by atoms with E-state index in [1.165, 1.54) is 0 Å². The number of nitrogens with one attached hydrogen (secondary N) is 1. The lowest BCUT2D eigenvalue weighted by Crippen LogP contribution is -2.55. The second-order valence-electron chi connectivity index (χ2n) is 6.84. The van der Waals surface area contributed by atoms with Crippen LogP contribution in [0.15, 0.2) is 48.5 Å². The number of morpholine rings is 1. The zero-order valence-corrected chi connectivity index (χ0v) is 15.5. The SMILES string of the molecule is CC1(C)COCCN1C(=O)c1cccc(NC(=O)c2ccccc2Cl)c1. The number of rotatable bonds is 3. The molecule has 0 saturated carbocycles. The standard InChI is InChI=1S/C20H21ClN2O3/c1-20(2)13-26-11-10-23(20)19(25)14-6-5-7-15(12-14)22-18(24)16-8-3-4-9-17(16)21/h3-9,12H,10-11,13H2,1-2H3,(H,22,24). The Balaban J connectivity index is 1.79. The minimum Gasteiger partial charge on any atom is -0.377 e. The van der Waals surface area contributed by atoms with Gasteiger partial charge >= 0.3 is 0 Å². The lowest BCUT2D eigenvalue weighted by Gasteiger charge is -2.42. The van der Waals surface area contributed by atoms with Crippen LogP contribution in [0.25, 0.3) is 0 Å². The molecular formula is C20H21ClN2O3. The summed E-state index contributed by atoms with van der Waals surface area (Å²) >= 11 is 6.07. The van der Waals surface area contributed by atoms with E-state index in [-0.39, 0.29) is 17.4 Å². The number of halogens is 1. The molecule has 1 fully saturated rings. The summed E-state index contributed by atoms with van der Waals surface area (Å²) in [6.07, 6.45) is 0. The molecule has 2 aromatic carbocycles. The summed E-state index contributed by atoms with van der Waals surface area (Å²) in [5.41, 5.74) is 1.09. The van der Waals surface area contributed by atoms with Gasteiger partial charge in [0.05, 0.1) is 29.3 Å². The van der Waals surface area contributed by atoms with Gasteiger partial charge in [0.25, 0.3) is 11.8 Å². The van der Waals surface area contributed by atoms with E-state index in [2.05, 4.69) is 5.32 Å². The molecule has 2 amide bonds. The summed E-state index contributed by atoms with van der Waals surface area (Å²) in [5.74, 6) is -0.390. The molecular weight excluding hydrogens is 352 g/mol. The van der Waals surface area contributed by atoms with Crippen LogP contribution in [0.2, 0.25) is 5.02 Å². The molecule has 0 spiro atoms. The maximum Gasteiger partial charge on any atom is 0.257 e. The first-order valence-corrected chi connectivity index (χ1v) is 8.82. The zero-order chi connectivity index (χ0) is 18.7. The van der Waals surface area contributed by atoms with Crippen LogP contribution < -0.4 is 5.32 Å². The van der Waals surface area contributed by atoms with E-state index in [0.717, 1.165) is 0 Å². The van der Waals surface area contributed by atoms with Crippen LogP contribution in [-0.2, 0) is 4.74 Å². The third kappa shape index (κ3) is 3.89. The number of carbonyl (C=O) groups is 2. The average Bonchev–Trinajstić information content (AvgIpc) is 2.61. The lowest BCUT2D eigenvalue weighted by atomic mass is 10.0. The van der Waals surface area contributed by atoms with Crippen molar-refractivity contribution < 1.29 is 14.3 Å². The molecule has 1 saturated heterocycles. The fourth-order valence-corrected chi connectivity index (χ4v) is 3.19. The van der Waals surface area contributed by atoms with Gasteiger partial charge in [-0.3, -0.25) is 9.59 Å². The molecule has 1 aliphatic heterocycles. The fraction of sp³-hybridized carbons (Fsp3) is 0.300. The molecule has 3 rings (SSSR count). The number of carbonyl (C=O) groups excluding carboxylic acids is 2. The fourth-order valence-electron chi connectivity index (χ4n) is 2.96.